The Morgan fingerprint density at radius 2 is 2.06 bits per heavy atom. The third-order valence-corrected chi connectivity index (χ3v) is 4.04. The molecule has 0 fully saturated rings. The fourth-order valence-corrected chi connectivity index (χ4v) is 3.24. The minimum Gasteiger partial charge on any atom is -0.349 e. The summed E-state index contributed by atoms with van der Waals surface area (Å²) in [6.45, 7) is 5.29. The number of amides is 1. The van der Waals surface area contributed by atoms with Crippen LogP contribution in [0, 0.1) is 6.92 Å². The Balaban J connectivity index is 3.07. The maximum atomic E-state index is 11.6. The fraction of sp³-hybridized carbons (Fsp3) is 0.444. The molecule has 1 aromatic rings. The first-order valence-electron chi connectivity index (χ1n) is 4.66. The second-order valence-corrected chi connectivity index (χ2v) is 6.49. The molecule has 3 N–H and O–H groups in total. The van der Waals surface area contributed by atoms with Gasteiger partial charge < -0.3 is 5.32 Å². The highest BCUT2D eigenvalue weighted by molar-refractivity contribution is 7.89. The van der Waals surface area contributed by atoms with Crippen LogP contribution < -0.4 is 10.5 Å². The highest BCUT2D eigenvalue weighted by Crippen LogP contribution is 2.24. The summed E-state index contributed by atoms with van der Waals surface area (Å²) in [4.78, 5) is 12.5. The standard InChI is InChI=1S/C9H14N2O3S2/c1-5(2)11-9(12)7-4-8(6(3)15-7)16(10,13)14/h4-5H,1-3H3,(H,11,12)(H2,10,13,14). The molecule has 0 aliphatic carbocycles. The molecule has 0 bridgehead atoms. The van der Waals surface area contributed by atoms with E-state index in [1.165, 1.54) is 6.07 Å². The van der Waals surface area contributed by atoms with E-state index in [2.05, 4.69) is 5.32 Å². The van der Waals surface area contributed by atoms with Crippen LogP contribution in [0.4, 0.5) is 0 Å². The summed E-state index contributed by atoms with van der Waals surface area (Å²) in [5.41, 5.74) is 0. The Morgan fingerprint density at radius 1 is 1.50 bits per heavy atom. The number of nitrogens with two attached hydrogens (primary N) is 1. The van der Waals surface area contributed by atoms with Crippen molar-refractivity contribution in [2.45, 2.75) is 31.7 Å². The van der Waals surface area contributed by atoms with Crippen molar-refractivity contribution in [1.82, 2.24) is 5.32 Å². The van der Waals surface area contributed by atoms with Crippen molar-refractivity contribution in [3.8, 4) is 0 Å². The van der Waals surface area contributed by atoms with Crippen molar-refractivity contribution in [3.63, 3.8) is 0 Å². The molecule has 1 rings (SSSR count). The lowest BCUT2D eigenvalue weighted by atomic mass is 10.3. The van der Waals surface area contributed by atoms with Crippen LogP contribution >= 0.6 is 11.3 Å². The van der Waals surface area contributed by atoms with Crippen LogP contribution in [-0.2, 0) is 10.0 Å². The summed E-state index contributed by atoms with van der Waals surface area (Å²) in [7, 11) is -3.74. The second kappa shape index (κ2) is 4.52. The first-order valence-corrected chi connectivity index (χ1v) is 7.02. The quantitative estimate of drug-likeness (QED) is 0.846. The van der Waals surface area contributed by atoms with E-state index in [0.717, 1.165) is 11.3 Å². The molecule has 7 heteroatoms. The molecule has 16 heavy (non-hydrogen) atoms. The van der Waals surface area contributed by atoms with Crippen molar-refractivity contribution >= 4 is 27.3 Å². The zero-order valence-electron chi connectivity index (χ0n) is 9.27. The lowest BCUT2D eigenvalue weighted by molar-refractivity contribution is 0.0947. The van der Waals surface area contributed by atoms with Crippen LogP contribution in [0.3, 0.4) is 0 Å². The van der Waals surface area contributed by atoms with Crippen LogP contribution in [0.5, 0.6) is 0 Å². The number of thiophene rings is 1. The summed E-state index contributed by atoms with van der Waals surface area (Å²) in [5.74, 6) is -0.280. The predicted octanol–water partition coefficient (Wildman–Crippen LogP) is 0.842. The van der Waals surface area contributed by atoms with Gasteiger partial charge in [-0.2, -0.15) is 0 Å². The molecule has 0 radical (unpaired) electrons. The number of primary sulfonamides is 1. The van der Waals surface area contributed by atoms with Crippen LogP contribution in [-0.4, -0.2) is 20.4 Å². The molecule has 0 spiro atoms. The molecule has 0 saturated carbocycles. The smallest absolute Gasteiger partial charge is 0.261 e. The number of carbonyl (C=O) groups is 1. The van der Waals surface area contributed by atoms with Gasteiger partial charge in [0, 0.05) is 10.9 Å². The van der Waals surface area contributed by atoms with E-state index in [0.29, 0.717) is 9.75 Å². The highest BCUT2D eigenvalue weighted by Gasteiger charge is 2.19. The van der Waals surface area contributed by atoms with Gasteiger partial charge >= 0.3 is 0 Å². The molecule has 0 aromatic carbocycles. The van der Waals surface area contributed by atoms with Gasteiger partial charge in [0.2, 0.25) is 10.0 Å². The third-order valence-electron chi connectivity index (χ3n) is 1.82. The van der Waals surface area contributed by atoms with Gasteiger partial charge in [-0.25, -0.2) is 13.6 Å². The average molecular weight is 262 g/mol. The van der Waals surface area contributed by atoms with Crippen molar-refractivity contribution in [2.24, 2.45) is 5.14 Å². The van der Waals surface area contributed by atoms with Gasteiger partial charge in [0.25, 0.3) is 5.91 Å². The van der Waals surface area contributed by atoms with Gasteiger partial charge in [-0.05, 0) is 26.8 Å². The van der Waals surface area contributed by atoms with E-state index in [4.69, 9.17) is 5.14 Å². The monoisotopic (exact) mass is 262 g/mol. The van der Waals surface area contributed by atoms with Gasteiger partial charge in [-0.3, -0.25) is 4.79 Å². The largest absolute Gasteiger partial charge is 0.349 e. The number of nitrogens with one attached hydrogen (secondary N) is 1. The molecular formula is C9H14N2O3S2. The third kappa shape index (κ3) is 3.03. The number of sulfonamides is 1. The normalized spacial score (nSPS) is 11.8. The van der Waals surface area contributed by atoms with E-state index in [1.54, 1.807) is 6.92 Å². The van der Waals surface area contributed by atoms with E-state index in [9.17, 15) is 13.2 Å². The van der Waals surface area contributed by atoms with Crippen LogP contribution in [0.1, 0.15) is 28.4 Å². The molecule has 1 amide bonds. The van der Waals surface area contributed by atoms with Gasteiger partial charge in [0.1, 0.15) is 0 Å². The van der Waals surface area contributed by atoms with Crippen molar-refractivity contribution < 1.29 is 13.2 Å². The van der Waals surface area contributed by atoms with Crippen LogP contribution in [0.2, 0.25) is 0 Å². The Bertz CT molecular complexity index is 503. The fourth-order valence-electron chi connectivity index (χ4n) is 1.19. The molecule has 1 heterocycles. The Kier molecular flexibility index (Phi) is 3.72. The highest BCUT2D eigenvalue weighted by atomic mass is 32.2. The number of carbonyl (C=O) groups excluding carboxylic acids is 1. The van der Waals surface area contributed by atoms with Crippen LogP contribution in [0.25, 0.3) is 0 Å². The van der Waals surface area contributed by atoms with Crippen molar-refractivity contribution in [1.29, 1.82) is 0 Å². The number of hydrogen-bond acceptors (Lipinski definition) is 4. The minimum absolute atomic E-state index is 0.00726. The minimum atomic E-state index is -3.74. The van der Waals surface area contributed by atoms with Crippen molar-refractivity contribution in [3.05, 3.63) is 15.8 Å². The first-order chi connectivity index (χ1) is 7.21. The summed E-state index contributed by atoms with van der Waals surface area (Å²) in [6.07, 6.45) is 0. The predicted molar refractivity (Wildman–Crippen MR) is 63.0 cm³/mol. The lowest BCUT2D eigenvalue weighted by Gasteiger charge is -2.05. The van der Waals surface area contributed by atoms with E-state index in [1.807, 2.05) is 13.8 Å². The molecule has 5 nitrogen and oxygen atoms in total. The summed E-state index contributed by atoms with van der Waals surface area (Å²) < 4.78 is 22.3. The maximum absolute atomic E-state index is 11.6. The molecular weight excluding hydrogens is 248 g/mol. The molecule has 0 atom stereocenters. The Labute approximate surface area is 98.7 Å². The molecule has 0 unspecified atom stereocenters. The molecule has 90 valence electrons. The van der Waals surface area contributed by atoms with E-state index >= 15 is 0 Å². The molecule has 0 saturated heterocycles. The SMILES string of the molecule is Cc1sc(C(=O)NC(C)C)cc1S(N)(=O)=O. The van der Waals surface area contributed by atoms with Crippen molar-refractivity contribution in [2.75, 3.05) is 0 Å². The zero-order valence-corrected chi connectivity index (χ0v) is 10.9. The molecule has 0 aliphatic heterocycles. The zero-order chi connectivity index (χ0) is 12.5. The number of aryl methyl sites for hydroxylation is 1. The topological polar surface area (TPSA) is 89.3 Å². The maximum Gasteiger partial charge on any atom is 0.261 e. The van der Waals surface area contributed by atoms with Gasteiger partial charge in [0.05, 0.1) is 9.77 Å². The summed E-state index contributed by atoms with van der Waals surface area (Å²) in [6, 6.07) is 1.32. The molecule has 1 aromatic heterocycles. The van der Waals surface area contributed by atoms with E-state index < -0.39 is 10.0 Å². The summed E-state index contributed by atoms with van der Waals surface area (Å²) in [5, 5.41) is 7.71. The average Bonchev–Trinajstić information content (AvgIpc) is 2.44. The number of rotatable bonds is 3. The van der Waals surface area contributed by atoms with E-state index in [-0.39, 0.29) is 16.8 Å². The second-order valence-electron chi connectivity index (χ2n) is 3.70. The summed E-state index contributed by atoms with van der Waals surface area (Å²) >= 11 is 1.12. The van der Waals surface area contributed by atoms with Crippen LogP contribution in [0.15, 0.2) is 11.0 Å². The van der Waals surface area contributed by atoms with Gasteiger partial charge in [-0.1, -0.05) is 0 Å². The van der Waals surface area contributed by atoms with Gasteiger partial charge in [-0.15, -0.1) is 11.3 Å². The number of hydrogen-bond donors (Lipinski definition) is 2. The van der Waals surface area contributed by atoms with Gasteiger partial charge in [0.15, 0.2) is 0 Å². The Morgan fingerprint density at radius 3 is 2.44 bits per heavy atom. The Hall–Kier alpha value is -0.920. The first kappa shape index (κ1) is 13.1. The molecule has 0 aliphatic rings. The lowest BCUT2D eigenvalue weighted by Crippen LogP contribution is -2.29.